The summed E-state index contributed by atoms with van der Waals surface area (Å²) in [6, 6.07) is 13.9. The highest BCUT2D eigenvalue weighted by atomic mass is 15.3. The molecule has 0 aliphatic heterocycles. The molecule has 0 aliphatic carbocycles. The lowest BCUT2D eigenvalue weighted by atomic mass is 10.1. The number of nitriles is 1. The number of hydrogen-bond acceptors (Lipinski definition) is 2. The van der Waals surface area contributed by atoms with Crippen molar-refractivity contribution in [2.75, 3.05) is 5.84 Å². The topological polar surface area (TPSA) is 54.7 Å². The van der Waals surface area contributed by atoms with Crippen molar-refractivity contribution >= 4 is 21.8 Å². The molecule has 0 atom stereocenters. The Labute approximate surface area is 98.6 Å². The van der Waals surface area contributed by atoms with Gasteiger partial charge in [-0.1, -0.05) is 11.6 Å². The van der Waals surface area contributed by atoms with Gasteiger partial charge in [-0.15, -0.1) is 0 Å². The van der Waals surface area contributed by atoms with Gasteiger partial charge in [-0.05, 0) is 37.3 Å². The van der Waals surface area contributed by atoms with E-state index in [1.165, 1.54) is 5.56 Å². The fraction of sp³-hybridized carbons (Fsp3) is 0.0714. The second-order valence-corrected chi connectivity index (χ2v) is 4.23. The molecule has 0 unspecified atom stereocenters. The van der Waals surface area contributed by atoms with Crippen LogP contribution in [0.25, 0.3) is 21.8 Å². The fourth-order valence-corrected chi connectivity index (χ4v) is 2.24. The lowest BCUT2D eigenvalue weighted by Gasteiger charge is -1.97. The Bertz CT molecular complexity index is 775. The predicted molar refractivity (Wildman–Crippen MR) is 69.0 cm³/mol. The highest BCUT2D eigenvalue weighted by molar-refractivity contribution is 6.08. The van der Waals surface area contributed by atoms with Gasteiger partial charge in [-0.3, -0.25) is 4.68 Å². The molecule has 0 bridgehead atoms. The number of nitrogens with zero attached hydrogens (tertiary/aromatic N) is 2. The Morgan fingerprint density at radius 1 is 1.06 bits per heavy atom. The van der Waals surface area contributed by atoms with Crippen LogP contribution in [0.2, 0.25) is 0 Å². The fourth-order valence-electron chi connectivity index (χ4n) is 2.24. The maximum absolute atomic E-state index is 8.94. The number of aryl methyl sites for hydroxylation is 1. The molecule has 0 fully saturated rings. The number of fused-ring (bicyclic) bond motifs is 3. The van der Waals surface area contributed by atoms with E-state index in [-0.39, 0.29) is 0 Å². The largest absolute Gasteiger partial charge is 0.339 e. The van der Waals surface area contributed by atoms with Gasteiger partial charge in [0.1, 0.15) is 0 Å². The van der Waals surface area contributed by atoms with Crippen molar-refractivity contribution in [3.8, 4) is 6.07 Å². The van der Waals surface area contributed by atoms with E-state index in [0.29, 0.717) is 5.56 Å². The molecule has 0 spiro atoms. The second-order valence-electron chi connectivity index (χ2n) is 4.23. The van der Waals surface area contributed by atoms with Crippen LogP contribution in [-0.2, 0) is 0 Å². The number of benzene rings is 2. The number of nitrogen functional groups attached to an aromatic ring is 1. The van der Waals surface area contributed by atoms with Gasteiger partial charge >= 0.3 is 0 Å². The number of nitrogens with two attached hydrogens (primary N) is 1. The van der Waals surface area contributed by atoms with Crippen LogP contribution in [0.1, 0.15) is 11.1 Å². The van der Waals surface area contributed by atoms with Crippen LogP contribution < -0.4 is 5.84 Å². The summed E-state index contributed by atoms with van der Waals surface area (Å²) >= 11 is 0. The van der Waals surface area contributed by atoms with Crippen molar-refractivity contribution in [1.82, 2.24) is 4.68 Å². The first-order valence-electron chi connectivity index (χ1n) is 5.41. The Morgan fingerprint density at radius 3 is 2.41 bits per heavy atom. The normalized spacial score (nSPS) is 10.8. The highest BCUT2D eigenvalue weighted by Gasteiger charge is 2.09. The van der Waals surface area contributed by atoms with Crippen molar-refractivity contribution in [1.29, 1.82) is 5.26 Å². The number of aromatic nitrogens is 1. The molecule has 0 aliphatic rings. The van der Waals surface area contributed by atoms with E-state index in [2.05, 4.69) is 12.1 Å². The SMILES string of the molecule is Cc1ccc2c(c1)c1cc(C#N)ccc1n2N. The summed E-state index contributed by atoms with van der Waals surface area (Å²) in [5, 5.41) is 11.1. The molecule has 2 N–H and O–H groups in total. The number of hydrogen-bond donors (Lipinski definition) is 1. The standard InChI is InChI=1S/C14H11N3/c1-9-2-4-13-11(6-9)12-7-10(8-15)3-5-14(12)17(13)16/h2-7H,16H2,1H3. The van der Waals surface area contributed by atoms with Crippen LogP contribution in [0, 0.1) is 18.3 Å². The van der Waals surface area contributed by atoms with Crippen molar-refractivity contribution in [2.24, 2.45) is 0 Å². The first kappa shape index (κ1) is 9.73. The van der Waals surface area contributed by atoms with Gasteiger partial charge < -0.3 is 5.84 Å². The molecule has 3 aromatic rings. The maximum atomic E-state index is 8.94. The van der Waals surface area contributed by atoms with Gasteiger partial charge in [0.05, 0.1) is 22.7 Å². The zero-order chi connectivity index (χ0) is 12.0. The molecule has 17 heavy (non-hydrogen) atoms. The van der Waals surface area contributed by atoms with E-state index in [0.717, 1.165) is 21.8 Å². The Morgan fingerprint density at radius 2 is 1.71 bits per heavy atom. The van der Waals surface area contributed by atoms with Gasteiger partial charge in [0.2, 0.25) is 0 Å². The molecule has 0 saturated heterocycles. The molecule has 0 radical (unpaired) electrons. The Hall–Kier alpha value is -2.47. The van der Waals surface area contributed by atoms with Gasteiger partial charge in [0, 0.05) is 10.8 Å². The van der Waals surface area contributed by atoms with Crippen LogP contribution in [0.3, 0.4) is 0 Å². The van der Waals surface area contributed by atoms with Crippen LogP contribution in [0.5, 0.6) is 0 Å². The van der Waals surface area contributed by atoms with E-state index in [4.69, 9.17) is 11.1 Å². The molecule has 1 heterocycles. The third-order valence-electron chi connectivity index (χ3n) is 3.09. The molecule has 0 amide bonds. The minimum absolute atomic E-state index is 0.659. The van der Waals surface area contributed by atoms with Crippen molar-refractivity contribution < 1.29 is 0 Å². The van der Waals surface area contributed by atoms with Crippen molar-refractivity contribution in [3.05, 3.63) is 47.5 Å². The zero-order valence-electron chi connectivity index (χ0n) is 9.44. The molecule has 3 rings (SSSR count). The molecular weight excluding hydrogens is 210 g/mol. The monoisotopic (exact) mass is 221 g/mol. The average Bonchev–Trinajstić information content (AvgIpc) is 2.62. The van der Waals surface area contributed by atoms with E-state index in [1.54, 1.807) is 10.7 Å². The van der Waals surface area contributed by atoms with Crippen LogP contribution in [0.4, 0.5) is 0 Å². The Kier molecular flexibility index (Phi) is 1.87. The van der Waals surface area contributed by atoms with Crippen molar-refractivity contribution in [2.45, 2.75) is 6.92 Å². The highest BCUT2D eigenvalue weighted by Crippen LogP contribution is 2.28. The zero-order valence-corrected chi connectivity index (χ0v) is 9.44. The molecule has 3 heteroatoms. The lowest BCUT2D eigenvalue weighted by Crippen LogP contribution is -2.06. The molecule has 82 valence electrons. The molecular formula is C14H11N3. The summed E-state index contributed by atoms with van der Waals surface area (Å²) in [4.78, 5) is 0. The molecule has 0 saturated carbocycles. The Balaban J connectivity index is 2.57. The summed E-state index contributed by atoms with van der Waals surface area (Å²) in [6.45, 7) is 2.05. The van der Waals surface area contributed by atoms with E-state index in [1.807, 2.05) is 31.2 Å². The maximum Gasteiger partial charge on any atom is 0.0991 e. The number of rotatable bonds is 0. The quantitative estimate of drug-likeness (QED) is 0.593. The van der Waals surface area contributed by atoms with Crippen molar-refractivity contribution in [3.63, 3.8) is 0 Å². The second kappa shape index (κ2) is 3.26. The molecule has 3 nitrogen and oxygen atoms in total. The average molecular weight is 221 g/mol. The smallest absolute Gasteiger partial charge is 0.0991 e. The van der Waals surface area contributed by atoms with Gasteiger partial charge in [0.25, 0.3) is 0 Å². The lowest BCUT2D eigenvalue weighted by molar-refractivity contribution is 1.12. The summed E-state index contributed by atoms with van der Waals surface area (Å²) in [7, 11) is 0. The van der Waals surface area contributed by atoms with E-state index in [9.17, 15) is 0 Å². The summed E-state index contributed by atoms with van der Waals surface area (Å²) in [5.41, 5.74) is 3.78. The predicted octanol–water partition coefficient (Wildman–Crippen LogP) is 2.69. The van der Waals surface area contributed by atoms with Gasteiger partial charge in [-0.2, -0.15) is 5.26 Å². The third kappa shape index (κ3) is 1.28. The minimum Gasteiger partial charge on any atom is -0.339 e. The van der Waals surface area contributed by atoms with Crippen LogP contribution in [0.15, 0.2) is 36.4 Å². The summed E-state index contributed by atoms with van der Waals surface area (Å²) in [5.74, 6) is 6.05. The van der Waals surface area contributed by atoms with E-state index >= 15 is 0 Å². The third-order valence-corrected chi connectivity index (χ3v) is 3.09. The minimum atomic E-state index is 0.659. The summed E-state index contributed by atoms with van der Waals surface area (Å²) < 4.78 is 1.67. The van der Waals surface area contributed by atoms with Crippen LogP contribution >= 0.6 is 0 Å². The first-order valence-corrected chi connectivity index (χ1v) is 5.41. The molecule has 1 aromatic heterocycles. The first-order chi connectivity index (χ1) is 8.20. The van der Waals surface area contributed by atoms with Gasteiger partial charge in [-0.25, -0.2) is 0 Å². The van der Waals surface area contributed by atoms with E-state index < -0.39 is 0 Å². The molecule has 2 aromatic carbocycles. The summed E-state index contributed by atoms with van der Waals surface area (Å²) in [6.07, 6.45) is 0. The van der Waals surface area contributed by atoms with Crippen LogP contribution in [-0.4, -0.2) is 4.68 Å². The van der Waals surface area contributed by atoms with Gasteiger partial charge in [0.15, 0.2) is 0 Å².